The molecule has 0 saturated heterocycles. The van der Waals surface area contributed by atoms with E-state index in [9.17, 15) is 5.11 Å². The van der Waals surface area contributed by atoms with Gasteiger partial charge in [0.2, 0.25) is 0 Å². The van der Waals surface area contributed by atoms with Crippen molar-refractivity contribution in [2.24, 2.45) is 0 Å². The van der Waals surface area contributed by atoms with E-state index < -0.39 is 6.10 Å². The molecule has 0 amide bonds. The summed E-state index contributed by atoms with van der Waals surface area (Å²) >= 11 is 0. The van der Waals surface area contributed by atoms with Gasteiger partial charge in [-0.1, -0.05) is 37.7 Å². The van der Waals surface area contributed by atoms with Crippen LogP contribution in [-0.4, -0.2) is 11.2 Å². The third kappa shape index (κ3) is 4.08. The molecule has 0 spiro atoms. The zero-order valence-electron chi connectivity index (χ0n) is 10.4. The molecule has 0 bridgehead atoms. The Bertz CT molecular complexity index is 396. The monoisotopic (exact) mass is 216 g/mol. The Balaban J connectivity index is 2.65. The molecule has 0 saturated carbocycles. The number of aliphatic hydroxyl groups excluding tert-OH is 1. The highest BCUT2D eigenvalue weighted by atomic mass is 16.3. The van der Waals surface area contributed by atoms with Crippen molar-refractivity contribution in [3.05, 3.63) is 34.9 Å². The lowest BCUT2D eigenvalue weighted by atomic mass is 10.1. The van der Waals surface area contributed by atoms with Gasteiger partial charge in [-0.3, -0.25) is 0 Å². The SMILES string of the molecule is CCCCC(O)C#Cc1ccc(C)c(C)c1. The fourth-order valence-electron chi connectivity index (χ4n) is 1.46. The second-order valence-electron chi connectivity index (χ2n) is 4.23. The highest BCUT2D eigenvalue weighted by molar-refractivity contribution is 5.40. The van der Waals surface area contributed by atoms with Crippen LogP contribution >= 0.6 is 0 Å². The Morgan fingerprint density at radius 1 is 1.25 bits per heavy atom. The third-order valence-electron chi connectivity index (χ3n) is 2.72. The zero-order valence-corrected chi connectivity index (χ0v) is 10.4. The van der Waals surface area contributed by atoms with E-state index in [1.54, 1.807) is 0 Å². The number of benzene rings is 1. The summed E-state index contributed by atoms with van der Waals surface area (Å²) in [5, 5.41) is 9.59. The average molecular weight is 216 g/mol. The lowest BCUT2D eigenvalue weighted by Crippen LogP contribution is -2.01. The average Bonchev–Trinajstić information content (AvgIpc) is 2.28. The second-order valence-corrected chi connectivity index (χ2v) is 4.23. The smallest absolute Gasteiger partial charge is 0.115 e. The molecule has 0 aliphatic rings. The summed E-state index contributed by atoms with van der Waals surface area (Å²) in [6, 6.07) is 6.13. The lowest BCUT2D eigenvalue weighted by molar-refractivity contribution is 0.218. The number of hydrogen-bond donors (Lipinski definition) is 1. The molecule has 0 aliphatic carbocycles. The summed E-state index contributed by atoms with van der Waals surface area (Å²) in [4.78, 5) is 0. The van der Waals surface area contributed by atoms with Gasteiger partial charge in [-0.15, -0.1) is 0 Å². The molecule has 0 fully saturated rings. The summed E-state index contributed by atoms with van der Waals surface area (Å²) in [6.07, 6.45) is 2.42. The van der Waals surface area contributed by atoms with Gasteiger partial charge in [0.05, 0.1) is 0 Å². The third-order valence-corrected chi connectivity index (χ3v) is 2.72. The highest BCUT2D eigenvalue weighted by Gasteiger charge is 1.97. The predicted molar refractivity (Wildman–Crippen MR) is 68.3 cm³/mol. The van der Waals surface area contributed by atoms with Crippen LogP contribution in [0.3, 0.4) is 0 Å². The van der Waals surface area contributed by atoms with Gasteiger partial charge in [-0.25, -0.2) is 0 Å². The van der Waals surface area contributed by atoms with Crippen LogP contribution in [-0.2, 0) is 0 Å². The van der Waals surface area contributed by atoms with Crippen LogP contribution in [0.2, 0.25) is 0 Å². The number of unbranched alkanes of at least 4 members (excludes halogenated alkanes) is 1. The van der Waals surface area contributed by atoms with Crippen molar-refractivity contribution < 1.29 is 5.11 Å². The first kappa shape index (κ1) is 12.8. The number of rotatable bonds is 3. The Kier molecular flexibility index (Phi) is 5.08. The fourth-order valence-corrected chi connectivity index (χ4v) is 1.46. The zero-order chi connectivity index (χ0) is 12.0. The number of aryl methyl sites for hydroxylation is 2. The molecule has 1 unspecified atom stereocenters. The molecule has 1 nitrogen and oxygen atoms in total. The highest BCUT2D eigenvalue weighted by Crippen LogP contribution is 2.08. The maximum absolute atomic E-state index is 9.59. The van der Waals surface area contributed by atoms with Crippen LogP contribution in [0.1, 0.15) is 42.9 Å². The first-order valence-electron chi connectivity index (χ1n) is 5.90. The van der Waals surface area contributed by atoms with Crippen molar-refractivity contribution >= 4 is 0 Å². The van der Waals surface area contributed by atoms with E-state index in [0.717, 1.165) is 24.8 Å². The molecule has 1 heteroatoms. The van der Waals surface area contributed by atoms with Gasteiger partial charge < -0.3 is 5.11 Å². The van der Waals surface area contributed by atoms with Crippen molar-refractivity contribution in [1.82, 2.24) is 0 Å². The minimum atomic E-state index is -0.485. The van der Waals surface area contributed by atoms with Crippen LogP contribution in [0.4, 0.5) is 0 Å². The first-order chi connectivity index (χ1) is 7.63. The predicted octanol–water partition coefficient (Wildman–Crippen LogP) is 3.21. The lowest BCUT2D eigenvalue weighted by Gasteiger charge is -2.01. The molecule has 0 aromatic heterocycles. The molecule has 1 N–H and O–H groups in total. The topological polar surface area (TPSA) is 20.2 Å². The second kappa shape index (κ2) is 6.35. The standard InChI is InChI=1S/C15H20O/c1-4-5-6-15(16)10-9-14-8-7-12(2)13(3)11-14/h7-8,11,15-16H,4-6H2,1-3H3. The molecule has 16 heavy (non-hydrogen) atoms. The van der Waals surface area contributed by atoms with Crippen molar-refractivity contribution in [3.8, 4) is 11.8 Å². The molecular formula is C15H20O. The van der Waals surface area contributed by atoms with E-state index in [1.807, 2.05) is 6.07 Å². The van der Waals surface area contributed by atoms with Gasteiger partial charge in [-0.05, 0) is 43.5 Å². The molecule has 0 radical (unpaired) electrons. The first-order valence-corrected chi connectivity index (χ1v) is 5.90. The molecule has 0 heterocycles. The van der Waals surface area contributed by atoms with Crippen molar-refractivity contribution in [3.63, 3.8) is 0 Å². The van der Waals surface area contributed by atoms with E-state index >= 15 is 0 Å². The van der Waals surface area contributed by atoms with Crippen LogP contribution in [0, 0.1) is 25.7 Å². The van der Waals surface area contributed by atoms with Gasteiger partial charge >= 0.3 is 0 Å². The Morgan fingerprint density at radius 3 is 2.62 bits per heavy atom. The van der Waals surface area contributed by atoms with Crippen molar-refractivity contribution in [2.75, 3.05) is 0 Å². The Hall–Kier alpha value is -1.26. The number of aliphatic hydroxyl groups is 1. The molecule has 1 atom stereocenters. The van der Waals surface area contributed by atoms with Crippen molar-refractivity contribution in [2.45, 2.75) is 46.1 Å². The molecule has 86 valence electrons. The summed E-state index contributed by atoms with van der Waals surface area (Å²) in [7, 11) is 0. The van der Waals surface area contributed by atoms with Gasteiger partial charge in [-0.2, -0.15) is 0 Å². The van der Waals surface area contributed by atoms with Crippen LogP contribution in [0.5, 0.6) is 0 Å². The molecule has 1 aromatic rings. The summed E-state index contributed by atoms with van der Waals surface area (Å²) in [6.45, 7) is 6.28. The molecule has 1 rings (SSSR count). The molecule has 1 aromatic carbocycles. The van der Waals surface area contributed by atoms with Crippen molar-refractivity contribution in [1.29, 1.82) is 0 Å². The molecular weight excluding hydrogens is 196 g/mol. The maximum Gasteiger partial charge on any atom is 0.115 e. The summed E-state index contributed by atoms with van der Waals surface area (Å²) in [5.74, 6) is 5.91. The minimum absolute atomic E-state index is 0.485. The van der Waals surface area contributed by atoms with Crippen LogP contribution in [0.25, 0.3) is 0 Å². The minimum Gasteiger partial charge on any atom is -0.380 e. The van der Waals surface area contributed by atoms with Gasteiger partial charge in [0, 0.05) is 5.56 Å². The summed E-state index contributed by atoms with van der Waals surface area (Å²) in [5.41, 5.74) is 3.51. The Labute approximate surface area is 98.5 Å². The van der Waals surface area contributed by atoms with E-state index in [1.165, 1.54) is 11.1 Å². The van der Waals surface area contributed by atoms with Gasteiger partial charge in [0.1, 0.15) is 6.10 Å². The fraction of sp³-hybridized carbons (Fsp3) is 0.467. The summed E-state index contributed by atoms with van der Waals surface area (Å²) < 4.78 is 0. The van der Waals surface area contributed by atoms with E-state index in [-0.39, 0.29) is 0 Å². The largest absolute Gasteiger partial charge is 0.380 e. The normalized spacial score (nSPS) is 11.8. The van der Waals surface area contributed by atoms with Crippen LogP contribution < -0.4 is 0 Å². The maximum atomic E-state index is 9.59. The van der Waals surface area contributed by atoms with E-state index in [0.29, 0.717) is 0 Å². The quantitative estimate of drug-likeness (QED) is 0.769. The van der Waals surface area contributed by atoms with Crippen LogP contribution in [0.15, 0.2) is 18.2 Å². The number of hydrogen-bond acceptors (Lipinski definition) is 1. The Morgan fingerprint density at radius 2 is 2.00 bits per heavy atom. The van der Waals surface area contributed by atoms with E-state index in [4.69, 9.17) is 0 Å². The van der Waals surface area contributed by atoms with E-state index in [2.05, 4.69) is 44.7 Å². The van der Waals surface area contributed by atoms with Gasteiger partial charge in [0.15, 0.2) is 0 Å². The molecule has 0 aliphatic heterocycles. The van der Waals surface area contributed by atoms with Gasteiger partial charge in [0.25, 0.3) is 0 Å².